The van der Waals surface area contributed by atoms with E-state index in [2.05, 4.69) is 5.32 Å². The van der Waals surface area contributed by atoms with Crippen molar-refractivity contribution in [2.75, 3.05) is 46.2 Å². The first-order valence-corrected chi connectivity index (χ1v) is 6.99. The highest BCUT2D eigenvalue weighted by atomic mass is 31.2. The molecule has 0 aromatic rings. The van der Waals surface area contributed by atoms with Crippen molar-refractivity contribution in [2.45, 2.75) is 13.8 Å². The van der Waals surface area contributed by atoms with Crippen molar-refractivity contribution in [3.8, 4) is 0 Å². The van der Waals surface area contributed by atoms with Gasteiger partial charge in [-0.3, -0.25) is 4.57 Å². The first-order valence-electron chi connectivity index (χ1n) is 5.26. The molecule has 0 aromatic carbocycles. The largest absolute Gasteiger partial charge is 0.383 e. The van der Waals surface area contributed by atoms with E-state index in [9.17, 15) is 4.57 Å². The maximum Gasteiger partial charge on any atom is 0.331 e. The second kappa shape index (κ2) is 9.31. The van der Waals surface area contributed by atoms with Crippen LogP contribution < -0.4 is 5.32 Å². The smallest absolute Gasteiger partial charge is 0.331 e. The standard InChI is InChI=1S/C9H22NO4P/c1-4-13-15(11,14-5-2)9-7-10-6-8-12-3/h10H,4-9H2,1-3H3. The van der Waals surface area contributed by atoms with Gasteiger partial charge in [-0.15, -0.1) is 0 Å². The van der Waals surface area contributed by atoms with Gasteiger partial charge in [-0.25, -0.2) is 0 Å². The van der Waals surface area contributed by atoms with Crippen molar-refractivity contribution in [1.82, 2.24) is 5.32 Å². The Kier molecular flexibility index (Phi) is 9.35. The van der Waals surface area contributed by atoms with Crippen LogP contribution in [-0.2, 0) is 18.3 Å². The highest BCUT2D eigenvalue weighted by Gasteiger charge is 2.22. The first-order chi connectivity index (χ1) is 7.18. The molecule has 0 rings (SSSR count). The van der Waals surface area contributed by atoms with E-state index in [-0.39, 0.29) is 0 Å². The van der Waals surface area contributed by atoms with Crippen molar-refractivity contribution in [1.29, 1.82) is 0 Å². The molecule has 5 nitrogen and oxygen atoms in total. The summed E-state index contributed by atoms with van der Waals surface area (Å²) < 4.78 is 27.1. The minimum atomic E-state index is -2.87. The van der Waals surface area contributed by atoms with E-state index in [1.807, 2.05) is 13.8 Å². The molecule has 0 aromatic heterocycles. The van der Waals surface area contributed by atoms with Gasteiger partial charge in [0.05, 0.1) is 26.0 Å². The fraction of sp³-hybridized carbons (Fsp3) is 1.00. The fourth-order valence-corrected chi connectivity index (χ4v) is 2.63. The summed E-state index contributed by atoms with van der Waals surface area (Å²) in [6.45, 7) is 6.45. The Balaban J connectivity index is 3.71. The van der Waals surface area contributed by atoms with Crippen LogP contribution in [0.4, 0.5) is 0 Å². The molecule has 0 radical (unpaired) electrons. The van der Waals surface area contributed by atoms with E-state index in [0.717, 1.165) is 6.54 Å². The number of hydrogen-bond acceptors (Lipinski definition) is 5. The zero-order chi connectivity index (χ0) is 11.6. The Labute approximate surface area is 92.0 Å². The van der Waals surface area contributed by atoms with E-state index in [4.69, 9.17) is 13.8 Å². The van der Waals surface area contributed by atoms with Gasteiger partial charge in [-0.1, -0.05) is 0 Å². The third-order valence-corrected chi connectivity index (χ3v) is 3.77. The Hall–Kier alpha value is 0.0700. The molecular formula is C9H22NO4P. The Morgan fingerprint density at radius 2 is 1.73 bits per heavy atom. The number of rotatable bonds is 10. The second-order valence-corrected chi connectivity index (χ2v) is 5.10. The summed E-state index contributed by atoms with van der Waals surface area (Å²) in [7, 11) is -1.23. The molecule has 0 aliphatic carbocycles. The van der Waals surface area contributed by atoms with Crippen LogP contribution >= 0.6 is 7.60 Å². The molecule has 0 fully saturated rings. The van der Waals surface area contributed by atoms with Crippen molar-refractivity contribution >= 4 is 7.60 Å². The normalized spacial score (nSPS) is 11.9. The Morgan fingerprint density at radius 3 is 2.20 bits per heavy atom. The van der Waals surface area contributed by atoms with Crippen molar-refractivity contribution in [2.24, 2.45) is 0 Å². The van der Waals surface area contributed by atoms with E-state index in [1.54, 1.807) is 7.11 Å². The molecular weight excluding hydrogens is 217 g/mol. The molecule has 0 aliphatic rings. The summed E-state index contributed by atoms with van der Waals surface area (Å²) >= 11 is 0. The van der Waals surface area contributed by atoms with Gasteiger partial charge in [0.25, 0.3) is 0 Å². The van der Waals surface area contributed by atoms with Crippen LogP contribution in [0, 0.1) is 0 Å². The van der Waals surface area contributed by atoms with E-state index in [0.29, 0.717) is 32.5 Å². The maximum absolute atomic E-state index is 11.9. The summed E-state index contributed by atoms with van der Waals surface area (Å²) in [4.78, 5) is 0. The predicted molar refractivity (Wildman–Crippen MR) is 60.5 cm³/mol. The van der Waals surface area contributed by atoms with Gasteiger partial charge in [0.1, 0.15) is 0 Å². The molecule has 0 aliphatic heterocycles. The second-order valence-electron chi connectivity index (χ2n) is 2.91. The molecule has 15 heavy (non-hydrogen) atoms. The molecule has 0 saturated carbocycles. The summed E-state index contributed by atoms with van der Waals surface area (Å²) in [5.74, 6) is 0. The zero-order valence-electron chi connectivity index (χ0n) is 9.82. The molecule has 1 N–H and O–H groups in total. The molecule has 0 bridgehead atoms. The van der Waals surface area contributed by atoms with Gasteiger partial charge in [-0.05, 0) is 13.8 Å². The molecule has 0 amide bonds. The average Bonchev–Trinajstić information content (AvgIpc) is 2.18. The lowest BCUT2D eigenvalue weighted by Gasteiger charge is -2.16. The van der Waals surface area contributed by atoms with Gasteiger partial charge in [0.2, 0.25) is 0 Å². The zero-order valence-corrected chi connectivity index (χ0v) is 10.7. The van der Waals surface area contributed by atoms with Crippen LogP contribution in [0.3, 0.4) is 0 Å². The number of hydrogen-bond donors (Lipinski definition) is 1. The highest BCUT2D eigenvalue weighted by molar-refractivity contribution is 7.53. The van der Waals surface area contributed by atoms with Gasteiger partial charge in [0.15, 0.2) is 0 Å². The van der Waals surface area contributed by atoms with Gasteiger partial charge >= 0.3 is 7.60 Å². The number of ether oxygens (including phenoxy) is 1. The van der Waals surface area contributed by atoms with Crippen LogP contribution in [-0.4, -0.2) is 46.2 Å². The summed E-state index contributed by atoms with van der Waals surface area (Å²) in [5.41, 5.74) is 0. The van der Waals surface area contributed by atoms with E-state index in [1.165, 1.54) is 0 Å². The van der Waals surface area contributed by atoms with Crippen LogP contribution in [0.2, 0.25) is 0 Å². The molecule has 0 unspecified atom stereocenters. The fourth-order valence-electron chi connectivity index (χ4n) is 1.07. The highest BCUT2D eigenvalue weighted by Crippen LogP contribution is 2.47. The minimum absolute atomic E-state index is 0.401. The first kappa shape index (κ1) is 15.1. The summed E-state index contributed by atoms with van der Waals surface area (Å²) in [5, 5.41) is 3.10. The van der Waals surface area contributed by atoms with Crippen LogP contribution in [0.5, 0.6) is 0 Å². The quantitative estimate of drug-likeness (QED) is 0.462. The molecule has 0 saturated heterocycles. The van der Waals surface area contributed by atoms with Crippen molar-refractivity contribution in [3.05, 3.63) is 0 Å². The lowest BCUT2D eigenvalue weighted by atomic mass is 10.6. The van der Waals surface area contributed by atoms with E-state index >= 15 is 0 Å². The topological polar surface area (TPSA) is 56.8 Å². The van der Waals surface area contributed by atoms with Gasteiger partial charge in [0, 0.05) is 20.2 Å². The molecule has 0 heterocycles. The lowest BCUT2D eigenvalue weighted by molar-refractivity contribution is 0.198. The average molecular weight is 239 g/mol. The predicted octanol–water partition coefficient (Wildman–Crippen LogP) is 1.49. The Bertz CT molecular complexity index is 179. The summed E-state index contributed by atoms with van der Waals surface area (Å²) in [6.07, 6.45) is 0.401. The van der Waals surface area contributed by atoms with Crippen molar-refractivity contribution < 1.29 is 18.3 Å². The van der Waals surface area contributed by atoms with Gasteiger partial charge < -0.3 is 19.1 Å². The van der Waals surface area contributed by atoms with Crippen LogP contribution in [0.15, 0.2) is 0 Å². The summed E-state index contributed by atoms with van der Waals surface area (Å²) in [6, 6.07) is 0. The number of nitrogens with one attached hydrogen (secondary N) is 1. The molecule has 6 heteroatoms. The maximum atomic E-state index is 11.9. The van der Waals surface area contributed by atoms with E-state index < -0.39 is 7.60 Å². The monoisotopic (exact) mass is 239 g/mol. The SMILES string of the molecule is CCOP(=O)(CCNCCOC)OCC. The number of methoxy groups -OCH3 is 1. The molecule has 0 spiro atoms. The Morgan fingerprint density at radius 1 is 1.13 bits per heavy atom. The van der Waals surface area contributed by atoms with Crippen LogP contribution in [0.1, 0.15) is 13.8 Å². The lowest BCUT2D eigenvalue weighted by Crippen LogP contribution is -2.23. The molecule has 0 atom stereocenters. The third-order valence-electron chi connectivity index (χ3n) is 1.70. The van der Waals surface area contributed by atoms with Gasteiger partial charge in [-0.2, -0.15) is 0 Å². The van der Waals surface area contributed by atoms with Crippen LogP contribution in [0.25, 0.3) is 0 Å². The van der Waals surface area contributed by atoms with Crippen molar-refractivity contribution in [3.63, 3.8) is 0 Å². The minimum Gasteiger partial charge on any atom is -0.383 e. The third kappa shape index (κ3) is 7.94. The molecule has 92 valence electrons.